The summed E-state index contributed by atoms with van der Waals surface area (Å²) in [5, 5.41) is 12.5. The van der Waals surface area contributed by atoms with E-state index in [2.05, 4.69) is 20.3 Å². The molecule has 152 valence electrons. The van der Waals surface area contributed by atoms with Crippen molar-refractivity contribution in [1.82, 2.24) is 15.0 Å². The van der Waals surface area contributed by atoms with Crippen LogP contribution < -0.4 is 5.32 Å². The van der Waals surface area contributed by atoms with Gasteiger partial charge in [-0.2, -0.15) is 13.2 Å². The van der Waals surface area contributed by atoms with Gasteiger partial charge in [0.1, 0.15) is 17.4 Å². The molecule has 0 saturated heterocycles. The molecule has 0 amide bonds. The van der Waals surface area contributed by atoms with E-state index in [0.717, 1.165) is 12.1 Å². The van der Waals surface area contributed by atoms with Gasteiger partial charge in [0.25, 0.3) is 0 Å². The molecule has 0 saturated carbocycles. The number of rotatable bonds is 4. The second kappa shape index (κ2) is 7.58. The van der Waals surface area contributed by atoms with Crippen LogP contribution in [-0.4, -0.2) is 26.2 Å². The van der Waals surface area contributed by atoms with E-state index >= 15 is 0 Å². The normalized spacial score (nSPS) is 12.7. The second-order valence-electron chi connectivity index (χ2n) is 6.45. The van der Waals surface area contributed by atoms with E-state index in [0.29, 0.717) is 0 Å². The number of phenols is 1. The van der Waals surface area contributed by atoms with E-state index in [1.807, 2.05) is 0 Å². The summed E-state index contributed by atoms with van der Waals surface area (Å²) in [5.74, 6) is -1.02. The third-order valence-corrected chi connectivity index (χ3v) is 4.39. The van der Waals surface area contributed by atoms with Gasteiger partial charge in [-0.25, -0.2) is 14.4 Å². The van der Waals surface area contributed by atoms with Crippen molar-refractivity contribution < 1.29 is 22.7 Å². The zero-order valence-electron chi connectivity index (χ0n) is 15.2. The SMILES string of the molecule is Oc1ccccc1-c1nc(NC(c2ccccn2)C(F)(F)F)c2cc(F)ccc2n1. The number of aromatic nitrogens is 3. The van der Waals surface area contributed by atoms with Crippen LogP contribution in [0.1, 0.15) is 11.7 Å². The van der Waals surface area contributed by atoms with Crippen molar-refractivity contribution in [1.29, 1.82) is 0 Å². The number of nitrogens with one attached hydrogen (secondary N) is 1. The Balaban J connectivity index is 1.90. The van der Waals surface area contributed by atoms with E-state index < -0.39 is 18.0 Å². The number of pyridine rings is 1. The molecule has 2 aromatic heterocycles. The lowest BCUT2D eigenvalue weighted by molar-refractivity contribution is -0.144. The molecule has 0 aliphatic carbocycles. The molecular weight excluding hydrogens is 400 g/mol. The first-order valence-corrected chi connectivity index (χ1v) is 8.83. The van der Waals surface area contributed by atoms with Crippen LogP contribution >= 0.6 is 0 Å². The van der Waals surface area contributed by atoms with Crippen LogP contribution in [0.4, 0.5) is 23.4 Å². The molecule has 0 aliphatic heterocycles. The molecule has 1 unspecified atom stereocenters. The molecule has 5 nitrogen and oxygen atoms in total. The maximum atomic E-state index is 13.8. The average molecular weight is 414 g/mol. The van der Waals surface area contributed by atoms with Crippen molar-refractivity contribution in [3.8, 4) is 17.1 Å². The molecule has 2 N–H and O–H groups in total. The highest BCUT2D eigenvalue weighted by Crippen LogP contribution is 2.37. The summed E-state index contributed by atoms with van der Waals surface area (Å²) in [5.41, 5.74) is 0.180. The van der Waals surface area contributed by atoms with E-state index in [4.69, 9.17) is 0 Å². The van der Waals surface area contributed by atoms with Gasteiger partial charge >= 0.3 is 6.18 Å². The van der Waals surface area contributed by atoms with Crippen LogP contribution in [0.5, 0.6) is 5.75 Å². The van der Waals surface area contributed by atoms with Gasteiger partial charge in [-0.05, 0) is 42.5 Å². The number of nitrogens with zero attached hydrogens (tertiary/aromatic N) is 3. The van der Waals surface area contributed by atoms with Crippen molar-refractivity contribution >= 4 is 16.7 Å². The van der Waals surface area contributed by atoms with Crippen molar-refractivity contribution in [2.45, 2.75) is 12.2 Å². The molecule has 2 heterocycles. The predicted octanol–water partition coefficient (Wildman–Crippen LogP) is 5.25. The fourth-order valence-electron chi connectivity index (χ4n) is 3.00. The maximum absolute atomic E-state index is 13.8. The first-order valence-electron chi connectivity index (χ1n) is 8.83. The average Bonchev–Trinajstić information content (AvgIpc) is 2.72. The molecule has 0 aliphatic rings. The Labute approximate surface area is 168 Å². The van der Waals surface area contributed by atoms with Crippen LogP contribution in [0.2, 0.25) is 0 Å². The lowest BCUT2D eigenvalue weighted by Gasteiger charge is -2.22. The zero-order chi connectivity index (χ0) is 21.3. The van der Waals surface area contributed by atoms with E-state index in [-0.39, 0.29) is 39.6 Å². The van der Waals surface area contributed by atoms with Crippen LogP contribution in [0.25, 0.3) is 22.3 Å². The molecule has 30 heavy (non-hydrogen) atoms. The minimum Gasteiger partial charge on any atom is -0.507 e. The van der Waals surface area contributed by atoms with Crippen LogP contribution in [0, 0.1) is 5.82 Å². The lowest BCUT2D eigenvalue weighted by atomic mass is 10.1. The fraction of sp³-hybridized carbons (Fsp3) is 0.0952. The lowest BCUT2D eigenvalue weighted by Crippen LogP contribution is -2.29. The number of hydrogen-bond acceptors (Lipinski definition) is 5. The van der Waals surface area contributed by atoms with Crippen molar-refractivity contribution in [2.24, 2.45) is 0 Å². The van der Waals surface area contributed by atoms with Gasteiger partial charge in [-0.15, -0.1) is 0 Å². The van der Waals surface area contributed by atoms with Gasteiger partial charge < -0.3 is 10.4 Å². The summed E-state index contributed by atoms with van der Waals surface area (Å²) in [7, 11) is 0. The Hall–Kier alpha value is -3.75. The number of fused-ring (bicyclic) bond motifs is 1. The Morgan fingerprint density at radius 1 is 0.933 bits per heavy atom. The summed E-state index contributed by atoms with van der Waals surface area (Å²) in [4.78, 5) is 12.2. The Morgan fingerprint density at radius 3 is 2.40 bits per heavy atom. The Bertz CT molecular complexity index is 1200. The quantitative estimate of drug-likeness (QED) is 0.446. The van der Waals surface area contributed by atoms with Gasteiger partial charge in [0.2, 0.25) is 0 Å². The van der Waals surface area contributed by atoms with Crippen LogP contribution in [-0.2, 0) is 0 Å². The van der Waals surface area contributed by atoms with E-state index in [9.17, 15) is 22.7 Å². The molecule has 0 bridgehead atoms. The van der Waals surface area contributed by atoms with E-state index in [1.165, 1.54) is 42.6 Å². The summed E-state index contributed by atoms with van der Waals surface area (Å²) in [6.07, 6.45) is -3.45. The summed E-state index contributed by atoms with van der Waals surface area (Å²) >= 11 is 0. The second-order valence-corrected chi connectivity index (χ2v) is 6.45. The number of alkyl halides is 3. The number of halogens is 4. The maximum Gasteiger partial charge on any atom is 0.414 e. The van der Waals surface area contributed by atoms with Crippen LogP contribution in [0.15, 0.2) is 66.9 Å². The zero-order valence-corrected chi connectivity index (χ0v) is 15.2. The minimum atomic E-state index is -4.70. The number of para-hydroxylation sites is 1. The number of anilines is 1. The van der Waals surface area contributed by atoms with E-state index in [1.54, 1.807) is 12.1 Å². The first-order chi connectivity index (χ1) is 14.3. The van der Waals surface area contributed by atoms with Crippen LogP contribution in [0.3, 0.4) is 0 Å². The Kier molecular flexibility index (Phi) is 4.94. The highest BCUT2D eigenvalue weighted by molar-refractivity contribution is 5.91. The van der Waals surface area contributed by atoms with Gasteiger partial charge in [0, 0.05) is 11.6 Å². The molecule has 0 radical (unpaired) electrons. The largest absolute Gasteiger partial charge is 0.507 e. The van der Waals surface area contributed by atoms with Crippen molar-refractivity contribution in [3.63, 3.8) is 0 Å². The number of benzene rings is 2. The minimum absolute atomic E-state index is 0.00310. The number of hydrogen-bond donors (Lipinski definition) is 2. The molecule has 2 aromatic carbocycles. The first kappa shape index (κ1) is 19.6. The molecule has 4 rings (SSSR count). The van der Waals surface area contributed by atoms with Gasteiger partial charge in [-0.3, -0.25) is 4.98 Å². The summed E-state index contributed by atoms with van der Waals surface area (Å²) in [6, 6.07) is 11.7. The third kappa shape index (κ3) is 3.86. The number of phenolic OH excluding ortho intramolecular Hbond substituents is 1. The fourth-order valence-corrected chi connectivity index (χ4v) is 3.00. The highest BCUT2D eigenvalue weighted by Gasteiger charge is 2.42. The molecular formula is C21H14F4N4O. The topological polar surface area (TPSA) is 70.9 Å². The third-order valence-electron chi connectivity index (χ3n) is 4.39. The Morgan fingerprint density at radius 2 is 1.70 bits per heavy atom. The molecule has 9 heteroatoms. The standard InChI is InChI=1S/C21H14F4N4O/c22-12-8-9-15-14(11-12)20(29-19(27-15)13-5-1-2-7-17(13)30)28-18(21(23,24)25)16-6-3-4-10-26-16/h1-11,18,30H,(H,27,28,29). The van der Waals surface area contributed by atoms with Gasteiger partial charge in [0.15, 0.2) is 11.9 Å². The summed E-state index contributed by atoms with van der Waals surface area (Å²) < 4.78 is 55.2. The monoisotopic (exact) mass is 414 g/mol. The smallest absolute Gasteiger partial charge is 0.414 e. The summed E-state index contributed by atoms with van der Waals surface area (Å²) in [6.45, 7) is 0. The van der Waals surface area contributed by atoms with Gasteiger partial charge in [0.05, 0.1) is 16.8 Å². The molecule has 0 fully saturated rings. The van der Waals surface area contributed by atoms with Gasteiger partial charge in [-0.1, -0.05) is 18.2 Å². The van der Waals surface area contributed by atoms with Crippen molar-refractivity contribution in [2.75, 3.05) is 5.32 Å². The number of aromatic hydroxyl groups is 1. The van der Waals surface area contributed by atoms with Crippen molar-refractivity contribution in [3.05, 3.63) is 78.4 Å². The molecule has 1 atom stereocenters. The molecule has 4 aromatic rings. The highest BCUT2D eigenvalue weighted by atomic mass is 19.4. The molecule has 0 spiro atoms. The predicted molar refractivity (Wildman–Crippen MR) is 103 cm³/mol.